The second-order valence-electron chi connectivity index (χ2n) is 6.98. The molecule has 0 aromatic carbocycles. The van der Waals surface area contributed by atoms with Gasteiger partial charge in [0.2, 0.25) is 5.91 Å². The van der Waals surface area contributed by atoms with Crippen molar-refractivity contribution < 1.29 is 14.7 Å². The molecule has 0 spiro atoms. The van der Waals surface area contributed by atoms with Crippen LogP contribution < -0.4 is 0 Å². The number of rotatable bonds is 7. The first-order chi connectivity index (χ1) is 13.0. The number of pyridine rings is 1. The minimum absolute atomic E-state index is 0.0856. The zero-order chi connectivity index (χ0) is 19.2. The number of nitrogens with zero attached hydrogens (tertiary/aromatic N) is 5. The standard InChI is InChI=1S/C19H25N5O3/c1-22(12-16-6-2-3-8-20-16)13-18(25)23-10-4-5-15(11-23)17-7-9-21-24(17)14-19(26)27/h2-3,6-9,15H,4-5,10-14H2,1H3,(H,26,27). The summed E-state index contributed by atoms with van der Waals surface area (Å²) in [7, 11) is 1.91. The predicted octanol–water partition coefficient (Wildman–Crippen LogP) is 1.20. The molecule has 8 nitrogen and oxygen atoms in total. The van der Waals surface area contributed by atoms with Crippen molar-refractivity contribution in [1.82, 2.24) is 24.6 Å². The van der Waals surface area contributed by atoms with E-state index >= 15 is 0 Å². The third kappa shape index (κ3) is 5.13. The van der Waals surface area contributed by atoms with Crippen molar-refractivity contribution in [2.45, 2.75) is 31.8 Å². The third-order valence-corrected chi connectivity index (χ3v) is 4.79. The van der Waals surface area contributed by atoms with Crippen LogP contribution in [0.4, 0.5) is 0 Å². The molecule has 1 amide bonds. The van der Waals surface area contributed by atoms with Crippen LogP contribution in [0.25, 0.3) is 0 Å². The lowest BCUT2D eigenvalue weighted by atomic mass is 9.94. The summed E-state index contributed by atoms with van der Waals surface area (Å²) in [5.41, 5.74) is 1.82. The quantitative estimate of drug-likeness (QED) is 0.786. The molecule has 3 heterocycles. The van der Waals surface area contributed by atoms with Gasteiger partial charge in [-0.05, 0) is 38.1 Å². The van der Waals surface area contributed by atoms with Crippen LogP contribution in [-0.4, -0.2) is 68.2 Å². The zero-order valence-electron chi connectivity index (χ0n) is 15.5. The van der Waals surface area contributed by atoms with Gasteiger partial charge >= 0.3 is 5.97 Å². The van der Waals surface area contributed by atoms with E-state index in [4.69, 9.17) is 5.11 Å². The molecule has 1 atom stereocenters. The molecule has 144 valence electrons. The van der Waals surface area contributed by atoms with Crippen LogP contribution in [0.1, 0.15) is 30.1 Å². The molecule has 1 saturated heterocycles. The number of piperidine rings is 1. The predicted molar refractivity (Wildman–Crippen MR) is 99.0 cm³/mol. The summed E-state index contributed by atoms with van der Waals surface area (Å²) >= 11 is 0. The van der Waals surface area contributed by atoms with E-state index in [0.717, 1.165) is 30.8 Å². The smallest absolute Gasteiger partial charge is 0.325 e. The minimum Gasteiger partial charge on any atom is -0.480 e. The zero-order valence-corrected chi connectivity index (χ0v) is 15.5. The van der Waals surface area contributed by atoms with Gasteiger partial charge in [0.1, 0.15) is 6.54 Å². The van der Waals surface area contributed by atoms with Crippen molar-refractivity contribution in [2.24, 2.45) is 0 Å². The summed E-state index contributed by atoms with van der Waals surface area (Å²) in [6.45, 7) is 2.13. The Bertz CT molecular complexity index is 777. The van der Waals surface area contributed by atoms with Crippen molar-refractivity contribution in [1.29, 1.82) is 0 Å². The van der Waals surface area contributed by atoms with E-state index in [0.29, 0.717) is 19.6 Å². The Kier molecular flexibility index (Phi) is 6.18. The van der Waals surface area contributed by atoms with Crippen molar-refractivity contribution in [3.63, 3.8) is 0 Å². The SMILES string of the molecule is CN(CC(=O)N1CCCC(c2ccnn2CC(=O)O)C1)Cc1ccccn1. The van der Waals surface area contributed by atoms with Gasteiger partial charge in [-0.15, -0.1) is 0 Å². The number of carbonyl (C=O) groups excluding carboxylic acids is 1. The Hall–Kier alpha value is -2.74. The number of carbonyl (C=O) groups is 2. The summed E-state index contributed by atoms with van der Waals surface area (Å²) in [6.07, 6.45) is 5.21. The maximum Gasteiger partial charge on any atom is 0.325 e. The van der Waals surface area contributed by atoms with Gasteiger partial charge in [-0.25, -0.2) is 0 Å². The fourth-order valence-electron chi connectivity index (χ4n) is 3.55. The lowest BCUT2D eigenvalue weighted by Gasteiger charge is -2.34. The second kappa shape index (κ2) is 8.77. The van der Waals surface area contributed by atoms with Gasteiger partial charge < -0.3 is 10.0 Å². The molecule has 2 aromatic heterocycles. The van der Waals surface area contributed by atoms with Crippen LogP contribution in [0, 0.1) is 0 Å². The average Bonchev–Trinajstić information content (AvgIpc) is 3.10. The van der Waals surface area contributed by atoms with Gasteiger partial charge in [0.05, 0.1) is 12.2 Å². The highest BCUT2D eigenvalue weighted by molar-refractivity contribution is 5.78. The summed E-state index contributed by atoms with van der Waals surface area (Å²) in [6, 6.07) is 7.61. The molecule has 0 radical (unpaired) electrons. The van der Waals surface area contributed by atoms with Crippen molar-refractivity contribution in [3.8, 4) is 0 Å². The lowest BCUT2D eigenvalue weighted by Crippen LogP contribution is -2.44. The first-order valence-electron chi connectivity index (χ1n) is 9.12. The highest BCUT2D eigenvalue weighted by atomic mass is 16.4. The highest BCUT2D eigenvalue weighted by Gasteiger charge is 2.27. The van der Waals surface area contributed by atoms with Gasteiger partial charge in [-0.1, -0.05) is 6.07 Å². The number of amides is 1. The number of likely N-dealkylation sites (N-methyl/N-ethyl adjacent to an activating group) is 1. The number of carboxylic acids is 1. The van der Waals surface area contributed by atoms with Crippen LogP contribution in [-0.2, 0) is 22.7 Å². The van der Waals surface area contributed by atoms with Crippen LogP contribution in [0.15, 0.2) is 36.7 Å². The number of aromatic nitrogens is 3. The molecular weight excluding hydrogens is 346 g/mol. The number of carboxylic acid groups (broad SMARTS) is 1. The maximum atomic E-state index is 12.7. The molecule has 2 aromatic rings. The van der Waals surface area contributed by atoms with E-state index in [1.165, 1.54) is 4.68 Å². The largest absolute Gasteiger partial charge is 0.480 e. The fourth-order valence-corrected chi connectivity index (χ4v) is 3.55. The van der Waals surface area contributed by atoms with Crippen molar-refractivity contribution in [3.05, 3.63) is 48.0 Å². The van der Waals surface area contributed by atoms with E-state index in [2.05, 4.69) is 10.1 Å². The summed E-state index contributed by atoms with van der Waals surface area (Å²) in [5.74, 6) is -0.715. The molecule has 0 aliphatic carbocycles. The van der Waals surface area contributed by atoms with Crippen LogP contribution in [0.5, 0.6) is 0 Å². The van der Waals surface area contributed by atoms with Crippen LogP contribution in [0.2, 0.25) is 0 Å². The molecule has 1 unspecified atom stereocenters. The molecule has 0 saturated carbocycles. The molecule has 1 N–H and O–H groups in total. The minimum atomic E-state index is -0.917. The lowest BCUT2D eigenvalue weighted by molar-refractivity contribution is -0.138. The van der Waals surface area contributed by atoms with Gasteiger partial charge in [0.25, 0.3) is 0 Å². The van der Waals surface area contributed by atoms with E-state index in [1.807, 2.05) is 41.1 Å². The first kappa shape index (κ1) is 19.0. The van der Waals surface area contributed by atoms with Crippen LogP contribution >= 0.6 is 0 Å². The maximum absolute atomic E-state index is 12.7. The molecule has 1 aliphatic heterocycles. The molecule has 1 aliphatic rings. The van der Waals surface area contributed by atoms with Crippen molar-refractivity contribution >= 4 is 11.9 Å². The fraction of sp³-hybridized carbons (Fsp3) is 0.474. The second-order valence-corrected chi connectivity index (χ2v) is 6.98. The highest BCUT2D eigenvalue weighted by Crippen LogP contribution is 2.27. The summed E-state index contributed by atoms with van der Waals surface area (Å²) in [5, 5.41) is 13.1. The topological polar surface area (TPSA) is 91.6 Å². The molecule has 8 heteroatoms. The molecule has 27 heavy (non-hydrogen) atoms. The van der Waals surface area contributed by atoms with E-state index in [-0.39, 0.29) is 18.4 Å². The van der Waals surface area contributed by atoms with E-state index < -0.39 is 5.97 Å². The number of likely N-dealkylation sites (tertiary alicyclic amines) is 1. The Morgan fingerprint density at radius 1 is 1.30 bits per heavy atom. The molecule has 1 fully saturated rings. The Morgan fingerprint density at radius 3 is 2.89 bits per heavy atom. The van der Waals surface area contributed by atoms with E-state index in [9.17, 15) is 9.59 Å². The summed E-state index contributed by atoms with van der Waals surface area (Å²) in [4.78, 5) is 31.9. The van der Waals surface area contributed by atoms with Gasteiger partial charge in [-0.3, -0.25) is 24.2 Å². The molecule has 0 bridgehead atoms. The van der Waals surface area contributed by atoms with Crippen LogP contribution in [0.3, 0.4) is 0 Å². The number of aliphatic carboxylic acids is 1. The third-order valence-electron chi connectivity index (χ3n) is 4.79. The normalized spacial score (nSPS) is 17.3. The van der Waals surface area contributed by atoms with Crippen molar-refractivity contribution in [2.75, 3.05) is 26.7 Å². The number of hydrogen-bond acceptors (Lipinski definition) is 5. The Balaban J connectivity index is 1.58. The molecule has 3 rings (SSSR count). The molecular formula is C19H25N5O3. The van der Waals surface area contributed by atoms with Gasteiger partial charge in [-0.2, -0.15) is 5.10 Å². The van der Waals surface area contributed by atoms with Gasteiger partial charge in [0.15, 0.2) is 0 Å². The monoisotopic (exact) mass is 371 g/mol. The van der Waals surface area contributed by atoms with Gasteiger partial charge in [0, 0.05) is 43.6 Å². The summed E-state index contributed by atoms with van der Waals surface area (Å²) < 4.78 is 1.52. The average molecular weight is 371 g/mol. The Labute approximate surface area is 158 Å². The number of hydrogen-bond donors (Lipinski definition) is 1. The first-order valence-corrected chi connectivity index (χ1v) is 9.12. The van der Waals surface area contributed by atoms with E-state index in [1.54, 1.807) is 12.4 Å². The Morgan fingerprint density at radius 2 is 2.15 bits per heavy atom.